The molecule has 1 fully saturated rings. The van der Waals surface area contributed by atoms with E-state index in [2.05, 4.69) is 15.2 Å². The molecule has 0 atom stereocenters. The summed E-state index contributed by atoms with van der Waals surface area (Å²) in [7, 11) is 0. The number of carbonyl (C=O) groups is 1. The Labute approximate surface area is 152 Å². The van der Waals surface area contributed by atoms with Crippen LogP contribution in [0.25, 0.3) is 11.0 Å². The van der Waals surface area contributed by atoms with E-state index in [9.17, 15) is 9.90 Å². The number of fused-ring (bicyclic) bond motifs is 1. The summed E-state index contributed by atoms with van der Waals surface area (Å²) in [5, 5.41) is 12.5. The van der Waals surface area contributed by atoms with Crippen molar-refractivity contribution in [2.24, 2.45) is 0 Å². The topological polar surface area (TPSA) is 70.4 Å². The smallest absolute Gasteiger partial charge is 0.244 e. The fraction of sp³-hybridized carbons (Fsp3) is 0.300. The highest BCUT2D eigenvalue weighted by atomic mass is 16.3. The van der Waals surface area contributed by atoms with E-state index in [1.165, 1.54) is 18.5 Å². The van der Waals surface area contributed by atoms with E-state index in [1.54, 1.807) is 4.57 Å². The van der Waals surface area contributed by atoms with Crippen LogP contribution in [0.2, 0.25) is 0 Å². The van der Waals surface area contributed by atoms with Crippen molar-refractivity contribution in [1.29, 1.82) is 0 Å². The molecule has 1 aliphatic rings. The Balaban J connectivity index is 1.47. The number of aliphatic hydroxyl groups is 1. The van der Waals surface area contributed by atoms with E-state index < -0.39 is 0 Å². The summed E-state index contributed by atoms with van der Waals surface area (Å²) in [6.07, 6.45) is 2.48. The molecule has 26 heavy (non-hydrogen) atoms. The molecular formula is C20H22N4O2. The van der Waals surface area contributed by atoms with Gasteiger partial charge in [0.2, 0.25) is 5.91 Å². The van der Waals surface area contributed by atoms with Gasteiger partial charge in [-0.05, 0) is 49.2 Å². The molecule has 0 bridgehead atoms. The van der Waals surface area contributed by atoms with Gasteiger partial charge in [-0.1, -0.05) is 12.1 Å². The van der Waals surface area contributed by atoms with Crippen LogP contribution in [-0.4, -0.2) is 33.7 Å². The lowest BCUT2D eigenvalue weighted by molar-refractivity contribution is -0.116. The summed E-state index contributed by atoms with van der Waals surface area (Å²) in [6.45, 7) is 2.11. The molecule has 134 valence electrons. The van der Waals surface area contributed by atoms with Crippen LogP contribution >= 0.6 is 0 Å². The van der Waals surface area contributed by atoms with E-state index in [0.717, 1.165) is 29.8 Å². The molecule has 6 nitrogen and oxygen atoms in total. The molecule has 1 amide bonds. The summed E-state index contributed by atoms with van der Waals surface area (Å²) < 4.78 is 1.75. The maximum Gasteiger partial charge on any atom is 0.244 e. The first-order chi connectivity index (χ1) is 12.7. The predicted molar refractivity (Wildman–Crippen MR) is 102 cm³/mol. The Hall–Kier alpha value is -2.86. The average Bonchev–Trinajstić information content (AvgIpc) is 3.31. The van der Waals surface area contributed by atoms with Gasteiger partial charge in [-0.15, -0.1) is 0 Å². The van der Waals surface area contributed by atoms with E-state index in [1.807, 2.05) is 48.5 Å². The number of hydrogen-bond donors (Lipinski definition) is 2. The number of nitrogens with one attached hydrogen (secondary N) is 1. The molecule has 3 aromatic rings. The second-order valence-corrected chi connectivity index (χ2v) is 6.55. The molecule has 4 rings (SSSR count). The van der Waals surface area contributed by atoms with E-state index >= 15 is 0 Å². The Bertz CT molecular complexity index is 911. The summed E-state index contributed by atoms with van der Waals surface area (Å²) in [6, 6.07) is 15.5. The minimum absolute atomic E-state index is 0.115. The van der Waals surface area contributed by atoms with Gasteiger partial charge >= 0.3 is 0 Å². The number of rotatable bonds is 5. The molecule has 1 aromatic heterocycles. The van der Waals surface area contributed by atoms with Crippen LogP contribution in [0.4, 0.5) is 11.4 Å². The third-order valence-corrected chi connectivity index (χ3v) is 4.80. The second-order valence-electron chi connectivity index (χ2n) is 6.55. The van der Waals surface area contributed by atoms with Crippen LogP contribution in [0, 0.1) is 0 Å². The lowest BCUT2D eigenvalue weighted by Gasteiger charge is -2.18. The van der Waals surface area contributed by atoms with Crippen LogP contribution in [0.5, 0.6) is 0 Å². The van der Waals surface area contributed by atoms with Crippen molar-refractivity contribution in [3.8, 4) is 0 Å². The third kappa shape index (κ3) is 3.28. The highest BCUT2D eigenvalue weighted by Crippen LogP contribution is 2.22. The number of amides is 1. The molecule has 2 N–H and O–H groups in total. The van der Waals surface area contributed by atoms with Gasteiger partial charge in [0, 0.05) is 24.5 Å². The Morgan fingerprint density at radius 1 is 1.08 bits per heavy atom. The van der Waals surface area contributed by atoms with Crippen molar-refractivity contribution in [3.05, 3.63) is 54.4 Å². The summed E-state index contributed by atoms with van der Waals surface area (Å²) in [4.78, 5) is 19.2. The summed E-state index contributed by atoms with van der Waals surface area (Å²) in [5.41, 5.74) is 3.59. The number of benzene rings is 2. The Morgan fingerprint density at radius 2 is 1.81 bits per heavy atom. The van der Waals surface area contributed by atoms with E-state index in [-0.39, 0.29) is 19.1 Å². The molecule has 0 aliphatic carbocycles. The zero-order valence-corrected chi connectivity index (χ0v) is 14.6. The minimum Gasteiger partial charge on any atom is -0.388 e. The number of nitrogens with zero attached hydrogens (tertiary/aromatic N) is 3. The first-order valence-corrected chi connectivity index (χ1v) is 8.94. The SMILES string of the molecule is O=C(Cn1c(CO)nc2ccccc21)Nc1ccc(N2CCCC2)cc1. The summed E-state index contributed by atoms with van der Waals surface area (Å²) >= 11 is 0. The van der Waals surface area contributed by atoms with Crippen molar-refractivity contribution in [2.45, 2.75) is 26.0 Å². The zero-order valence-electron chi connectivity index (χ0n) is 14.6. The number of aromatic nitrogens is 2. The maximum absolute atomic E-state index is 12.5. The molecule has 0 spiro atoms. The number of imidazole rings is 1. The van der Waals surface area contributed by atoms with Crippen molar-refractivity contribution >= 4 is 28.3 Å². The van der Waals surface area contributed by atoms with Crippen LogP contribution < -0.4 is 10.2 Å². The highest BCUT2D eigenvalue weighted by Gasteiger charge is 2.14. The predicted octanol–water partition coefficient (Wildman–Crippen LogP) is 2.77. The molecule has 1 aliphatic heterocycles. The molecule has 1 saturated heterocycles. The highest BCUT2D eigenvalue weighted by molar-refractivity contribution is 5.92. The van der Waals surface area contributed by atoms with E-state index in [0.29, 0.717) is 5.82 Å². The zero-order chi connectivity index (χ0) is 17.9. The van der Waals surface area contributed by atoms with Crippen LogP contribution in [0.15, 0.2) is 48.5 Å². The van der Waals surface area contributed by atoms with Gasteiger partial charge in [-0.3, -0.25) is 4.79 Å². The lowest BCUT2D eigenvalue weighted by atomic mass is 10.2. The number of para-hydroxylation sites is 2. The summed E-state index contributed by atoms with van der Waals surface area (Å²) in [5.74, 6) is 0.350. The third-order valence-electron chi connectivity index (χ3n) is 4.80. The normalized spacial score (nSPS) is 14.1. The van der Waals surface area contributed by atoms with Crippen LogP contribution in [-0.2, 0) is 17.9 Å². The molecule has 0 unspecified atom stereocenters. The molecule has 0 radical (unpaired) electrons. The fourth-order valence-electron chi connectivity index (χ4n) is 3.50. The minimum atomic E-state index is -0.202. The van der Waals surface area contributed by atoms with Crippen LogP contribution in [0.3, 0.4) is 0 Å². The van der Waals surface area contributed by atoms with Crippen molar-refractivity contribution in [1.82, 2.24) is 9.55 Å². The molecule has 2 aromatic carbocycles. The van der Waals surface area contributed by atoms with Crippen molar-refractivity contribution < 1.29 is 9.90 Å². The number of anilines is 2. The maximum atomic E-state index is 12.5. The Morgan fingerprint density at radius 3 is 2.54 bits per heavy atom. The van der Waals surface area contributed by atoms with Gasteiger partial charge in [0.05, 0.1) is 11.0 Å². The quantitative estimate of drug-likeness (QED) is 0.742. The van der Waals surface area contributed by atoms with Gasteiger partial charge in [-0.25, -0.2) is 4.98 Å². The Kier molecular flexibility index (Phi) is 4.58. The first kappa shape index (κ1) is 16.6. The standard InChI is InChI=1S/C20H22N4O2/c25-14-19-22-17-5-1-2-6-18(17)24(19)13-20(26)21-15-7-9-16(10-8-15)23-11-3-4-12-23/h1-2,5-10,25H,3-4,11-14H2,(H,21,26). The number of hydrogen-bond acceptors (Lipinski definition) is 4. The van der Waals surface area contributed by atoms with Gasteiger partial charge < -0.3 is 19.9 Å². The van der Waals surface area contributed by atoms with Gasteiger partial charge in [0.15, 0.2) is 0 Å². The first-order valence-electron chi connectivity index (χ1n) is 8.94. The molecule has 2 heterocycles. The van der Waals surface area contributed by atoms with Crippen LogP contribution in [0.1, 0.15) is 18.7 Å². The largest absolute Gasteiger partial charge is 0.388 e. The van der Waals surface area contributed by atoms with Gasteiger partial charge in [-0.2, -0.15) is 0 Å². The average molecular weight is 350 g/mol. The van der Waals surface area contributed by atoms with Crippen molar-refractivity contribution in [2.75, 3.05) is 23.3 Å². The molecular weight excluding hydrogens is 328 g/mol. The number of aliphatic hydroxyl groups excluding tert-OH is 1. The van der Waals surface area contributed by atoms with Crippen molar-refractivity contribution in [3.63, 3.8) is 0 Å². The second kappa shape index (κ2) is 7.17. The van der Waals surface area contributed by atoms with E-state index in [4.69, 9.17) is 0 Å². The molecule has 6 heteroatoms. The monoisotopic (exact) mass is 350 g/mol. The lowest BCUT2D eigenvalue weighted by Crippen LogP contribution is -2.20. The number of carbonyl (C=O) groups excluding carboxylic acids is 1. The van der Waals surface area contributed by atoms with Gasteiger partial charge in [0.1, 0.15) is 19.0 Å². The van der Waals surface area contributed by atoms with Gasteiger partial charge in [0.25, 0.3) is 0 Å². The molecule has 0 saturated carbocycles. The fourth-order valence-corrected chi connectivity index (χ4v) is 3.50.